The first-order valence-electron chi connectivity index (χ1n) is 3.69. The van der Waals surface area contributed by atoms with Crippen LogP contribution in [0.4, 0.5) is 8.78 Å². The van der Waals surface area contributed by atoms with Crippen LogP contribution in [0.2, 0.25) is 0 Å². The quantitative estimate of drug-likeness (QED) is 0.441. The molecule has 0 saturated heterocycles. The van der Waals surface area contributed by atoms with E-state index < -0.39 is 18.1 Å². The monoisotopic (exact) mass is 391 g/mol. The molecular formula is C8H5BrF2INO2. The number of rotatable bonds is 2. The molecule has 0 spiro atoms. The van der Waals surface area contributed by atoms with Gasteiger partial charge in [-0.15, -0.1) is 0 Å². The molecule has 0 aliphatic carbocycles. The number of halogens is 4. The van der Waals surface area contributed by atoms with Gasteiger partial charge in [0.1, 0.15) is 10.3 Å². The number of methoxy groups -OCH3 is 1. The number of nitrogens with zero attached hydrogens (tertiary/aromatic N) is 1. The van der Waals surface area contributed by atoms with Gasteiger partial charge < -0.3 is 4.74 Å². The second-order valence-corrected chi connectivity index (χ2v) is 4.32. The second kappa shape index (κ2) is 5.15. The highest BCUT2D eigenvalue weighted by Gasteiger charge is 2.19. The Labute approximate surface area is 106 Å². The third-order valence-electron chi connectivity index (χ3n) is 1.57. The van der Waals surface area contributed by atoms with Crippen LogP contribution in [0.1, 0.15) is 22.5 Å². The molecule has 0 amide bonds. The first-order chi connectivity index (χ1) is 6.97. The largest absolute Gasteiger partial charge is 0.465 e. The molecule has 0 fully saturated rings. The minimum Gasteiger partial charge on any atom is -0.465 e. The molecule has 0 N–H and O–H groups in total. The molecule has 15 heavy (non-hydrogen) atoms. The Bertz CT molecular complexity index is 400. The maximum absolute atomic E-state index is 12.4. The van der Waals surface area contributed by atoms with Crippen molar-refractivity contribution in [2.45, 2.75) is 6.43 Å². The normalized spacial score (nSPS) is 10.5. The lowest BCUT2D eigenvalue weighted by Gasteiger charge is -2.06. The molecule has 1 aromatic heterocycles. The summed E-state index contributed by atoms with van der Waals surface area (Å²) in [6, 6.07) is 1.03. The van der Waals surface area contributed by atoms with Crippen molar-refractivity contribution in [3.63, 3.8) is 0 Å². The van der Waals surface area contributed by atoms with Crippen molar-refractivity contribution >= 4 is 44.5 Å². The van der Waals surface area contributed by atoms with E-state index in [1.165, 1.54) is 7.11 Å². The van der Waals surface area contributed by atoms with Gasteiger partial charge in [0, 0.05) is 0 Å². The van der Waals surface area contributed by atoms with E-state index in [1.54, 1.807) is 0 Å². The summed E-state index contributed by atoms with van der Waals surface area (Å²) >= 11 is 4.83. The molecule has 3 nitrogen and oxygen atoms in total. The van der Waals surface area contributed by atoms with E-state index >= 15 is 0 Å². The van der Waals surface area contributed by atoms with Crippen LogP contribution >= 0.6 is 38.5 Å². The zero-order valence-electron chi connectivity index (χ0n) is 7.43. The molecule has 82 valence electrons. The number of hydrogen-bond acceptors (Lipinski definition) is 3. The fraction of sp³-hybridized carbons (Fsp3) is 0.250. The Morgan fingerprint density at radius 1 is 1.67 bits per heavy atom. The van der Waals surface area contributed by atoms with Crippen LogP contribution in [-0.2, 0) is 4.74 Å². The van der Waals surface area contributed by atoms with Gasteiger partial charge in [-0.1, -0.05) is 0 Å². The molecule has 0 radical (unpaired) electrons. The SMILES string of the molecule is COC(=O)c1cc(C(F)F)nc(Br)c1I. The van der Waals surface area contributed by atoms with E-state index in [4.69, 9.17) is 0 Å². The lowest BCUT2D eigenvalue weighted by atomic mass is 10.2. The van der Waals surface area contributed by atoms with Crippen LogP contribution in [0.5, 0.6) is 0 Å². The molecular weight excluding hydrogens is 387 g/mol. The first kappa shape index (κ1) is 12.8. The van der Waals surface area contributed by atoms with Crippen molar-refractivity contribution < 1.29 is 18.3 Å². The second-order valence-electron chi connectivity index (χ2n) is 2.49. The summed E-state index contributed by atoms with van der Waals surface area (Å²) < 4.78 is 29.9. The summed E-state index contributed by atoms with van der Waals surface area (Å²) in [5.74, 6) is -0.663. The molecule has 0 aromatic carbocycles. The van der Waals surface area contributed by atoms with Gasteiger partial charge in [-0.3, -0.25) is 0 Å². The minimum absolute atomic E-state index is 0.0790. The lowest BCUT2D eigenvalue weighted by molar-refractivity contribution is 0.0598. The number of alkyl halides is 2. The van der Waals surface area contributed by atoms with Gasteiger partial charge >= 0.3 is 5.97 Å². The third-order valence-corrected chi connectivity index (χ3v) is 3.97. The van der Waals surface area contributed by atoms with Crippen LogP contribution in [-0.4, -0.2) is 18.1 Å². The molecule has 1 heterocycles. The van der Waals surface area contributed by atoms with Gasteiger partial charge in [0.25, 0.3) is 6.43 Å². The van der Waals surface area contributed by atoms with E-state index in [1.807, 2.05) is 22.6 Å². The van der Waals surface area contributed by atoms with Gasteiger partial charge in [0.05, 0.1) is 16.2 Å². The predicted octanol–water partition coefficient (Wildman–Crippen LogP) is 3.17. The standard InChI is InChI=1S/C8H5BrF2INO2/c1-15-8(14)3-2-4(7(10)11)13-6(9)5(3)12/h2,7H,1H3. The highest BCUT2D eigenvalue weighted by molar-refractivity contribution is 14.1. The van der Waals surface area contributed by atoms with E-state index in [2.05, 4.69) is 25.7 Å². The van der Waals surface area contributed by atoms with Crippen molar-refractivity contribution in [3.8, 4) is 0 Å². The van der Waals surface area contributed by atoms with E-state index in [9.17, 15) is 13.6 Å². The van der Waals surface area contributed by atoms with Crippen LogP contribution in [0, 0.1) is 3.57 Å². The van der Waals surface area contributed by atoms with Crippen molar-refractivity contribution in [3.05, 3.63) is 25.5 Å². The summed E-state index contributed by atoms with van der Waals surface area (Å²) in [5.41, 5.74) is -0.377. The molecule has 0 bridgehead atoms. The van der Waals surface area contributed by atoms with Gasteiger partial charge in [-0.05, 0) is 44.6 Å². The average molecular weight is 392 g/mol. The molecule has 0 atom stereocenters. The molecule has 0 unspecified atom stereocenters. The summed E-state index contributed by atoms with van der Waals surface area (Å²) in [6.45, 7) is 0. The smallest absolute Gasteiger partial charge is 0.339 e. The fourth-order valence-electron chi connectivity index (χ4n) is 0.887. The van der Waals surface area contributed by atoms with Crippen molar-refractivity contribution in [2.24, 2.45) is 0 Å². The maximum Gasteiger partial charge on any atom is 0.339 e. The van der Waals surface area contributed by atoms with Crippen LogP contribution < -0.4 is 0 Å². The average Bonchev–Trinajstić information content (AvgIpc) is 2.20. The third kappa shape index (κ3) is 2.83. The summed E-state index contributed by atoms with van der Waals surface area (Å²) in [5, 5.41) is 0. The number of carbonyl (C=O) groups excluding carboxylic acids is 1. The van der Waals surface area contributed by atoms with Crippen LogP contribution in [0.3, 0.4) is 0 Å². The number of pyridine rings is 1. The lowest BCUT2D eigenvalue weighted by Crippen LogP contribution is -2.07. The fourth-order valence-corrected chi connectivity index (χ4v) is 1.80. The van der Waals surface area contributed by atoms with E-state index in [0.717, 1.165) is 6.07 Å². The zero-order chi connectivity index (χ0) is 11.6. The molecule has 0 aliphatic heterocycles. The zero-order valence-corrected chi connectivity index (χ0v) is 11.2. The van der Waals surface area contributed by atoms with Gasteiger partial charge in [0.2, 0.25) is 0 Å². The van der Waals surface area contributed by atoms with Crippen molar-refractivity contribution in [2.75, 3.05) is 7.11 Å². The number of aromatic nitrogens is 1. The Morgan fingerprint density at radius 3 is 2.73 bits per heavy atom. The molecule has 1 aromatic rings. The number of hydrogen-bond donors (Lipinski definition) is 0. The maximum atomic E-state index is 12.4. The molecule has 0 aliphatic rings. The highest BCUT2D eigenvalue weighted by Crippen LogP contribution is 2.26. The van der Waals surface area contributed by atoms with Crippen LogP contribution in [0.15, 0.2) is 10.7 Å². The van der Waals surface area contributed by atoms with Gasteiger partial charge in [-0.2, -0.15) is 0 Å². The Hall–Kier alpha value is -0.310. The van der Waals surface area contributed by atoms with Gasteiger partial charge in [-0.25, -0.2) is 18.6 Å². The number of carbonyl (C=O) groups is 1. The predicted molar refractivity (Wildman–Crippen MR) is 61.0 cm³/mol. The van der Waals surface area contributed by atoms with Crippen molar-refractivity contribution in [1.29, 1.82) is 0 Å². The highest BCUT2D eigenvalue weighted by atomic mass is 127. The molecule has 0 saturated carbocycles. The molecule has 1 rings (SSSR count). The van der Waals surface area contributed by atoms with Crippen molar-refractivity contribution in [1.82, 2.24) is 4.98 Å². The van der Waals surface area contributed by atoms with E-state index in [0.29, 0.717) is 3.57 Å². The van der Waals surface area contributed by atoms with Crippen LogP contribution in [0.25, 0.3) is 0 Å². The topological polar surface area (TPSA) is 39.2 Å². The number of esters is 1. The molecule has 7 heteroatoms. The first-order valence-corrected chi connectivity index (χ1v) is 5.57. The Kier molecular flexibility index (Phi) is 4.38. The summed E-state index contributed by atoms with van der Waals surface area (Å²) in [7, 11) is 1.19. The Balaban J connectivity index is 3.31. The van der Waals surface area contributed by atoms with E-state index in [-0.39, 0.29) is 10.2 Å². The summed E-state index contributed by atoms with van der Waals surface area (Å²) in [4.78, 5) is 14.8. The Morgan fingerprint density at radius 2 is 2.27 bits per heavy atom. The summed E-state index contributed by atoms with van der Waals surface area (Å²) in [6.07, 6.45) is -2.72. The van der Waals surface area contributed by atoms with Gasteiger partial charge in [0.15, 0.2) is 0 Å². The number of ether oxygens (including phenoxy) is 1. The minimum atomic E-state index is -2.72.